The van der Waals surface area contributed by atoms with Gasteiger partial charge in [-0.25, -0.2) is 0 Å². The average molecular weight is 290 g/mol. The van der Waals surface area contributed by atoms with Crippen molar-refractivity contribution in [3.63, 3.8) is 0 Å². The normalized spacial score (nSPS) is 19.7. The molecule has 1 heterocycles. The zero-order chi connectivity index (χ0) is 15.4. The highest BCUT2D eigenvalue weighted by atomic mass is 16.3. The summed E-state index contributed by atoms with van der Waals surface area (Å²) in [5.74, 6) is -0.358. The first kappa shape index (κ1) is 15.5. The minimum absolute atomic E-state index is 0.0160. The molecule has 1 aliphatic heterocycles. The summed E-state index contributed by atoms with van der Waals surface area (Å²) < 4.78 is 0. The van der Waals surface area contributed by atoms with E-state index >= 15 is 0 Å². The molecule has 0 spiro atoms. The highest BCUT2D eigenvalue weighted by molar-refractivity contribution is 5.89. The largest absolute Gasteiger partial charge is 0.394 e. The first-order valence-electron chi connectivity index (χ1n) is 7.22. The molecule has 1 fully saturated rings. The predicted molar refractivity (Wildman–Crippen MR) is 79.3 cm³/mol. The Morgan fingerprint density at radius 2 is 2.10 bits per heavy atom. The fraction of sp³-hybridized carbons (Fsp3) is 0.500. The van der Waals surface area contributed by atoms with Crippen molar-refractivity contribution in [2.45, 2.75) is 25.9 Å². The first-order valence-corrected chi connectivity index (χ1v) is 7.22. The Morgan fingerprint density at radius 3 is 2.71 bits per heavy atom. The molecule has 5 nitrogen and oxygen atoms in total. The Balaban J connectivity index is 1.98. The van der Waals surface area contributed by atoms with Gasteiger partial charge in [-0.15, -0.1) is 0 Å². The second-order valence-corrected chi connectivity index (χ2v) is 5.64. The van der Waals surface area contributed by atoms with Gasteiger partial charge in [0.15, 0.2) is 0 Å². The number of carbonyl (C=O) groups excluding carboxylic acids is 2. The molecule has 1 aromatic rings. The van der Waals surface area contributed by atoms with Crippen molar-refractivity contribution < 1.29 is 14.7 Å². The number of likely N-dealkylation sites (tertiary alicyclic amines) is 1. The molecular weight excluding hydrogens is 268 g/mol. The maximum Gasteiger partial charge on any atom is 0.228 e. The summed E-state index contributed by atoms with van der Waals surface area (Å²) in [5.41, 5.74) is 1.07. The minimum atomic E-state index is -0.305. The fourth-order valence-electron chi connectivity index (χ4n) is 2.52. The summed E-state index contributed by atoms with van der Waals surface area (Å²) in [7, 11) is 1.67. The number of amides is 2. The third kappa shape index (κ3) is 3.61. The molecule has 2 rings (SSSR count). The first-order chi connectivity index (χ1) is 10.0. The van der Waals surface area contributed by atoms with Crippen molar-refractivity contribution in [2.75, 3.05) is 20.2 Å². The van der Waals surface area contributed by atoms with E-state index in [1.165, 1.54) is 4.90 Å². The molecule has 1 N–H and O–H groups in total. The fourth-order valence-corrected chi connectivity index (χ4v) is 2.52. The van der Waals surface area contributed by atoms with Crippen LogP contribution in [0.3, 0.4) is 0 Å². The van der Waals surface area contributed by atoms with E-state index in [2.05, 4.69) is 0 Å². The predicted octanol–water partition coefficient (Wildman–Crippen LogP) is 0.874. The van der Waals surface area contributed by atoms with E-state index in [1.807, 2.05) is 30.3 Å². The molecule has 1 aromatic carbocycles. The number of carbonyl (C=O) groups is 2. The molecular formula is C16H22N2O3. The van der Waals surface area contributed by atoms with Crippen molar-refractivity contribution in [3.8, 4) is 0 Å². The molecule has 21 heavy (non-hydrogen) atoms. The Hall–Kier alpha value is -1.88. The van der Waals surface area contributed by atoms with Crippen molar-refractivity contribution in [2.24, 2.45) is 5.92 Å². The van der Waals surface area contributed by atoms with Gasteiger partial charge >= 0.3 is 0 Å². The van der Waals surface area contributed by atoms with E-state index in [1.54, 1.807) is 18.9 Å². The zero-order valence-electron chi connectivity index (χ0n) is 12.5. The van der Waals surface area contributed by atoms with E-state index in [-0.39, 0.29) is 36.8 Å². The molecule has 1 saturated heterocycles. The van der Waals surface area contributed by atoms with Crippen LogP contribution in [0.15, 0.2) is 30.3 Å². The van der Waals surface area contributed by atoms with Gasteiger partial charge in [0.25, 0.3) is 0 Å². The molecule has 2 amide bonds. The van der Waals surface area contributed by atoms with E-state index in [4.69, 9.17) is 5.11 Å². The van der Waals surface area contributed by atoms with Gasteiger partial charge in [0, 0.05) is 26.6 Å². The Morgan fingerprint density at radius 1 is 1.43 bits per heavy atom. The van der Waals surface area contributed by atoms with Crippen molar-refractivity contribution in [1.82, 2.24) is 9.80 Å². The summed E-state index contributed by atoms with van der Waals surface area (Å²) in [4.78, 5) is 27.6. The van der Waals surface area contributed by atoms with Gasteiger partial charge in [-0.2, -0.15) is 0 Å². The van der Waals surface area contributed by atoms with Gasteiger partial charge in [-0.1, -0.05) is 30.3 Å². The monoisotopic (exact) mass is 290 g/mol. The molecule has 0 radical (unpaired) electrons. The van der Waals surface area contributed by atoms with Crippen LogP contribution in [0, 0.1) is 5.92 Å². The molecule has 0 aromatic heterocycles. The third-order valence-corrected chi connectivity index (χ3v) is 4.05. The van der Waals surface area contributed by atoms with Crippen LogP contribution in [0.2, 0.25) is 0 Å². The number of aliphatic hydroxyl groups is 1. The summed E-state index contributed by atoms with van der Waals surface area (Å²) in [6.45, 7) is 2.71. The van der Waals surface area contributed by atoms with Crippen LogP contribution < -0.4 is 0 Å². The Bertz CT molecular complexity index is 504. The standard InChI is InChI=1S/C16H22N2O3/c1-12(11-19)17(2)16(21)14-8-15(20)18(10-14)9-13-6-4-3-5-7-13/h3-7,12,14,19H,8-11H2,1-2H3/t12-,14+/m1/s1. The molecule has 2 atom stereocenters. The molecule has 0 bridgehead atoms. The third-order valence-electron chi connectivity index (χ3n) is 4.05. The van der Waals surface area contributed by atoms with E-state index in [9.17, 15) is 9.59 Å². The number of nitrogens with zero attached hydrogens (tertiary/aromatic N) is 2. The number of benzene rings is 1. The summed E-state index contributed by atoms with van der Waals surface area (Å²) in [6.07, 6.45) is 0.258. The smallest absolute Gasteiger partial charge is 0.228 e. The Labute approximate surface area is 125 Å². The maximum absolute atomic E-state index is 12.3. The summed E-state index contributed by atoms with van der Waals surface area (Å²) in [6, 6.07) is 9.54. The van der Waals surface area contributed by atoms with Gasteiger partial charge in [0.2, 0.25) is 11.8 Å². The number of likely N-dealkylation sites (N-methyl/N-ethyl adjacent to an activating group) is 1. The lowest BCUT2D eigenvalue weighted by Gasteiger charge is -2.26. The number of hydrogen-bond donors (Lipinski definition) is 1. The molecule has 0 aliphatic carbocycles. The quantitative estimate of drug-likeness (QED) is 0.875. The van der Waals surface area contributed by atoms with E-state index < -0.39 is 0 Å². The molecule has 1 aliphatic rings. The highest BCUT2D eigenvalue weighted by Gasteiger charge is 2.36. The number of rotatable bonds is 5. The van der Waals surface area contributed by atoms with Crippen molar-refractivity contribution >= 4 is 11.8 Å². The van der Waals surface area contributed by atoms with Crippen molar-refractivity contribution in [1.29, 1.82) is 0 Å². The highest BCUT2D eigenvalue weighted by Crippen LogP contribution is 2.22. The maximum atomic E-state index is 12.3. The molecule has 0 unspecified atom stereocenters. The summed E-state index contributed by atoms with van der Waals surface area (Å²) >= 11 is 0. The van der Waals surface area contributed by atoms with Crippen molar-refractivity contribution in [3.05, 3.63) is 35.9 Å². The summed E-state index contributed by atoms with van der Waals surface area (Å²) in [5, 5.41) is 9.12. The van der Waals surface area contributed by atoms with Crippen LogP contribution in [0.25, 0.3) is 0 Å². The van der Waals surface area contributed by atoms with Gasteiger partial charge < -0.3 is 14.9 Å². The Kier molecular flexibility index (Phi) is 4.96. The second-order valence-electron chi connectivity index (χ2n) is 5.64. The van der Waals surface area contributed by atoms with Crippen LogP contribution in [0.5, 0.6) is 0 Å². The van der Waals surface area contributed by atoms with Crippen LogP contribution in [0.1, 0.15) is 18.9 Å². The second kappa shape index (κ2) is 6.72. The zero-order valence-corrected chi connectivity index (χ0v) is 12.5. The SMILES string of the molecule is C[C@H](CO)N(C)C(=O)[C@H]1CC(=O)N(Cc2ccccc2)C1. The van der Waals surface area contributed by atoms with Crippen LogP contribution >= 0.6 is 0 Å². The molecule has 114 valence electrons. The lowest BCUT2D eigenvalue weighted by Crippen LogP contribution is -2.41. The average Bonchev–Trinajstić information content (AvgIpc) is 2.87. The van der Waals surface area contributed by atoms with Crippen LogP contribution in [-0.2, 0) is 16.1 Å². The van der Waals surface area contributed by atoms with Gasteiger partial charge in [-0.05, 0) is 12.5 Å². The number of aliphatic hydroxyl groups excluding tert-OH is 1. The van der Waals surface area contributed by atoms with Gasteiger partial charge in [0.05, 0.1) is 18.6 Å². The lowest BCUT2D eigenvalue weighted by molar-refractivity contribution is -0.137. The molecule has 5 heteroatoms. The minimum Gasteiger partial charge on any atom is -0.394 e. The number of hydrogen-bond acceptors (Lipinski definition) is 3. The lowest BCUT2D eigenvalue weighted by atomic mass is 10.1. The van der Waals surface area contributed by atoms with Crippen LogP contribution in [0.4, 0.5) is 0 Å². The van der Waals surface area contributed by atoms with Gasteiger partial charge in [-0.3, -0.25) is 9.59 Å². The van der Waals surface area contributed by atoms with E-state index in [0.29, 0.717) is 13.1 Å². The topological polar surface area (TPSA) is 60.9 Å². The molecule has 0 saturated carbocycles. The van der Waals surface area contributed by atoms with E-state index in [0.717, 1.165) is 5.56 Å². The van der Waals surface area contributed by atoms with Gasteiger partial charge in [0.1, 0.15) is 0 Å². The van der Waals surface area contributed by atoms with Crippen LogP contribution in [-0.4, -0.2) is 53.0 Å².